The predicted molar refractivity (Wildman–Crippen MR) is 78.0 cm³/mol. The van der Waals surface area contributed by atoms with Crippen LogP contribution in [-0.2, 0) is 6.42 Å². The van der Waals surface area contributed by atoms with E-state index in [1.807, 2.05) is 0 Å². The van der Waals surface area contributed by atoms with Crippen molar-refractivity contribution in [3.63, 3.8) is 0 Å². The first-order valence-electron chi connectivity index (χ1n) is 6.62. The van der Waals surface area contributed by atoms with Crippen molar-refractivity contribution in [2.75, 3.05) is 11.9 Å². The molecule has 0 saturated carbocycles. The van der Waals surface area contributed by atoms with Gasteiger partial charge in [-0.15, -0.1) is 0 Å². The minimum absolute atomic E-state index is 0.776. The summed E-state index contributed by atoms with van der Waals surface area (Å²) in [5.74, 6) is 0.827. The van der Waals surface area contributed by atoms with E-state index in [9.17, 15) is 0 Å². The summed E-state index contributed by atoms with van der Waals surface area (Å²) in [5, 5.41) is 3.27. The van der Waals surface area contributed by atoms with Crippen molar-refractivity contribution in [3.05, 3.63) is 35.9 Å². The fourth-order valence-corrected chi connectivity index (χ4v) is 1.92. The molecule has 0 aliphatic rings. The van der Waals surface area contributed by atoms with Crippen LogP contribution in [0.3, 0.4) is 0 Å². The lowest BCUT2D eigenvalue weighted by molar-refractivity contribution is 0.923. The summed E-state index contributed by atoms with van der Waals surface area (Å²) in [6.45, 7) is 9.06. The molecule has 2 rings (SSSR count). The molecule has 1 heterocycles. The van der Waals surface area contributed by atoms with Crippen LogP contribution < -0.4 is 5.32 Å². The number of hydrogen-bond acceptors (Lipinski definition) is 2. The Labute approximate surface area is 108 Å². The van der Waals surface area contributed by atoms with Crippen LogP contribution in [0.25, 0.3) is 11.0 Å². The summed E-state index contributed by atoms with van der Waals surface area (Å²) in [5.41, 5.74) is 4.66. The minimum Gasteiger partial charge on any atom is -0.352 e. The van der Waals surface area contributed by atoms with E-state index in [0.717, 1.165) is 36.4 Å². The smallest absolute Gasteiger partial charge is 0.201 e. The third-order valence-corrected chi connectivity index (χ3v) is 3.09. The van der Waals surface area contributed by atoms with Gasteiger partial charge in [0, 0.05) is 6.54 Å². The lowest BCUT2D eigenvalue weighted by Gasteiger charge is -2.02. The molecule has 0 saturated heterocycles. The van der Waals surface area contributed by atoms with Gasteiger partial charge in [0.15, 0.2) is 0 Å². The zero-order valence-electron chi connectivity index (χ0n) is 11.2. The van der Waals surface area contributed by atoms with Gasteiger partial charge in [-0.2, -0.15) is 0 Å². The summed E-state index contributed by atoms with van der Waals surface area (Å²) in [6, 6.07) is 6.42. The molecule has 1 aromatic carbocycles. The van der Waals surface area contributed by atoms with E-state index >= 15 is 0 Å². The second kappa shape index (κ2) is 5.71. The van der Waals surface area contributed by atoms with Crippen LogP contribution in [0.4, 0.5) is 5.95 Å². The number of benzene rings is 1. The quantitative estimate of drug-likeness (QED) is 0.756. The Morgan fingerprint density at radius 3 is 2.94 bits per heavy atom. The number of aromatic nitrogens is 2. The topological polar surface area (TPSA) is 40.7 Å². The number of nitrogens with one attached hydrogen (secondary N) is 2. The fraction of sp³-hybridized carbons (Fsp3) is 0.400. The molecule has 0 amide bonds. The highest BCUT2D eigenvalue weighted by Gasteiger charge is 2.03. The monoisotopic (exact) mass is 243 g/mol. The van der Waals surface area contributed by atoms with Crippen molar-refractivity contribution in [2.24, 2.45) is 0 Å². The second-order valence-corrected chi connectivity index (χ2v) is 4.64. The van der Waals surface area contributed by atoms with E-state index in [-0.39, 0.29) is 0 Å². The van der Waals surface area contributed by atoms with Gasteiger partial charge >= 0.3 is 0 Å². The van der Waals surface area contributed by atoms with Crippen LogP contribution in [0.2, 0.25) is 0 Å². The zero-order valence-corrected chi connectivity index (χ0v) is 11.2. The molecule has 0 aliphatic carbocycles. The Balaban J connectivity index is 2.14. The third-order valence-electron chi connectivity index (χ3n) is 3.09. The Kier molecular flexibility index (Phi) is 4.03. The standard InChI is InChI=1S/C15H21N3/c1-4-6-12-7-8-13-14(9-12)18-15(17-13)16-10-11(3)5-2/h7-9H,3-6,10H2,1-2H3,(H2,16,17,18). The van der Waals surface area contributed by atoms with E-state index in [1.54, 1.807) is 0 Å². The molecule has 2 N–H and O–H groups in total. The van der Waals surface area contributed by atoms with Crippen molar-refractivity contribution < 1.29 is 0 Å². The van der Waals surface area contributed by atoms with Gasteiger partial charge in [0.2, 0.25) is 5.95 Å². The van der Waals surface area contributed by atoms with Gasteiger partial charge < -0.3 is 10.3 Å². The molecule has 18 heavy (non-hydrogen) atoms. The number of imidazole rings is 1. The van der Waals surface area contributed by atoms with Gasteiger partial charge in [-0.1, -0.05) is 38.5 Å². The molecule has 0 spiro atoms. The Morgan fingerprint density at radius 1 is 1.39 bits per heavy atom. The van der Waals surface area contributed by atoms with E-state index < -0.39 is 0 Å². The first-order valence-corrected chi connectivity index (χ1v) is 6.62. The first-order chi connectivity index (χ1) is 8.72. The number of fused-ring (bicyclic) bond motifs is 1. The molecule has 0 unspecified atom stereocenters. The van der Waals surface area contributed by atoms with Crippen molar-refractivity contribution in [3.8, 4) is 0 Å². The predicted octanol–water partition coefficient (Wildman–Crippen LogP) is 3.89. The average Bonchev–Trinajstić information content (AvgIpc) is 2.78. The average molecular weight is 243 g/mol. The maximum Gasteiger partial charge on any atom is 0.201 e. The highest BCUT2D eigenvalue weighted by molar-refractivity contribution is 5.78. The molecular formula is C15H21N3. The molecule has 0 radical (unpaired) electrons. The molecule has 0 fully saturated rings. The lowest BCUT2D eigenvalue weighted by Crippen LogP contribution is -2.04. The van der Waals surface area contributed by atoms with Crippen LogP contribution in [0.15, 0.2) is 30.4 Å². The van der Waals surface area contributed by atoms with Gasteiger partial charge in [-0.3, -0.25) is 0 Å². The van der Waals surface area contributed by atoms with Crippen molar-refractivity contribution in [1.29, 1.82) is 0 Å². The third kappa shape index (κ3) is 2.92. The molecule has 3 heteroatoms. The molecule has 1 aromatic heterocycles. The van der Waals surface area contributed by atoms with Gasteiger partial charge in [-0.25, -0.2) is 4.98 Å². The normalized spacial score (nSPS) is 10.8. The van der Waals surface area contributed by atoms with Crippen molar-refractivity contribution in [1.82, 2.24) is 9.97 Å². The van der Waals surface area contributed by atoms with Crippen LogP contribution in [0, 0.1) is 0 Å². The Bertz CT molecular complexity index is 540. The number of nitrogens with zero attached hydrogens (tertiary/aromatic N) is 1. The summed E-state index contributed by atoms with van der Waals surface area (Å²) in [4.78, 5) is 7.82. The Hall–Kier alpha value is -1.77. The fourth-order valence-electron chi connectivity index (χ4n) is 1.92. The van der Waals surface area contributed by atoms with E-state index in [2.05, 4.69) is 53.9 Å². The highest BCUT2D eigenvalue weighted by atomic mass is 15.1. The number of rotatable bonds is 6. The van der Waals surface area contributed by atoms with Crippen LogP contribution >= 0.6 is 0 Å². The summed E-state index contributed by atoms with van der Waals surface area (Å²) in [7, 11) is 0. The SMILES string of the molecule is C=C(CC)CNc1nc2ccc(CCC)cc2[nH]1. The largest absolute Gasteiger partial charge is 0.352 e. The molecule has 96 valence electrons. The van der Waals surface area contributed by atoms with Crippen LogP contribution in [0.5, 0.6) is 0 Å². The van der Waals surface area contributed by atoms with E-state index in [4.69, 9.17) is 0 Å². The molecule has 3 nitrogen and oxygen atoms in total. The van der Waals surface area contributed by atoms with Crippen LogP contribution in [0.1, 0.15) is 32.3 Å². The summed E-state index contributed by atoms with van der Waals surface area (Å²) < 4.78 is 0. The molecule has 0 atom stereocenters. The summed E-state index contributed by atoms with van der Waals surface area (Å²) >= 11 is 0. The van der Waals surface area contributed by atoms with E-state index in [1.165, 1.54) is 17.6 Å². The summed E-state index contributed by atoms with van der Waals surface area (Å²) in [6.07, 6.45) is 3.28. The molecular weight excluding hydrogens is 222 g/mol. The number of hydrogen-bond donors (Lipinski definition) is 2. The lowest BCUT2D eigenvalue weighted by atomic mass is 10.1. The maximum absolute atomic E-state index is 4.51. The van der Waals surface area contributed by atoms with Crippen LogP contribution in [-0.4, -0.2) is 16.5 Å². The second-order valence-electron chi connectivity index (χ2n) is 4.64. The number of aryl methyl sites for hydroxylation is 1. The molecule has 0 aliphatic heterocycles. The van der Waals surface area contributed by atoms with Gasteiger partial charge in [-0.05, 0) is 30.5 Å². The molecule has 2 aromatic rings. The van der Waals surface area contributed by atoms with Gasteiger partial charge in [0.05, 0.1) is 11.0 Å². The Morgan fingerprint density at radius 2 is 2.22 bits per heavy atom. The number of anilines is 1. The highest BCUT2D eigenvalue weighted by Crippen LogP contribution is 2.17. The van der Waals surface area contributed by atoms with E-state index in [0.29, 0.717) is 0 Å². The number of H-pyrrole nitrogens is 1. The first kappa shape index (κ1) is 12.7. The molecule has 0 bridgehead atoms. The van der Waals surface area contributed by atoms with Gasteiger partial charge in [0.1, 0.15) is 0 Å². The van der Waals surface area contributed by atoms with Crippen molar-refractivity contribution >= 4 is 17.0 Å². The maximum atomic E-state index is 4.51. The van der Waals surface area contributed by atoms with Crippen molar-refractivity contribution in [2.45, 2.75) is 33.1 Å². The zero-order chi connectivity index (χ0) is 13.0. The number of aromatic amines is 1. The minimum atomic E-state index is 0.776. The van der Waals surface area contributed by atoms with Gasteiger partial charge in [0.25, 0.3) is 0 Å².